The third kappa shape index (κ3) is 8.99. The van der Waals surface area contributed by atoms with Gasteiger partial charge in [0.25, 0.3) is 0 Å². The molecule has 0 atom stereocenters. The van der Waals surface area contributed by atoms with Crippen LogP contribution >= 0.6 is 24.0 Å². The number of aliphatic imine (C=N–C) groups is 1. The van der Waals surface area contributed by atoms with Gasteiger partial charge in [0.2, 0.25) is 5.91 Å². The predicted octanol–water partition coefficient (Wildman–Crippen LogP) is 3.32. The third-order valence-corrected chi connectivity index (χ3v) is 4.79. The zero-order valence-corrected chi connectivity index (χ0v) is 20.3. The summed E-state index contributed by atoms with van der Waals surface area (Å²) in [5.74, 6) is 0.893. The molecule has 0 radical (unpaired) electrons. The number of likely N-dealkylation sites (N-methyl/N-ethyl adjacent to an activating group) is 1. The monoisotopic (exact) mass is 558 g/mol. The van der Waals surface area contributed by atoms with Crippen LogP contribution in [0, 0.1) is 0 Å². The molecule has 1 aliphatic carbocycles. The summed E-state index contributed by atoms with van der Waals surface area (Å²) in [5, 5.41) is 5.79. The van der Waals surface area contributed by atoms with Crippen LogP contribution in [0.2, 0.25) is 0 Å². The molecule has 0 unspecified atom stereocenters. The maximum Gasteiger partial charge on any atom is 0.406 e. The van der Waals surface area contributed by atoms with Gasteiger partial charge in [-0.25, -0.2) is 0 Å². The first-order chi connectivity index (χ1) is 14.2. The van der Waals surface area contributed by atoms with Gasteiger partial charge in [-0.2, -0.15) is 13.2 Å². The number of guanidine groups is 1. The molecule has 2 rings (SSSR count). The van der Waals surface area contributed by atoms with Crippen LogP contribution in [0.1, 0.15) is 31.2 Å². The first-order valence-electron chi connectivity index (χ1n) is 9.81. The number of nitrogens with one attached hydrogen (secondary N) is 2. The van der Waals surface area contributed by atoms with Crippen molar-refractivity contribution in [3.05, 3.63) is 23.8 Å². The van der Waals surface area contributed by atoms with Gasteiger partial charge in [0.15, 0.2) is 17.5 Å². The highest BCUT2D eigenvalue weighted by Gasteiger charge is 2.31. The lowest BCUT2D eigenvalue weighted by molar-refractivity contribution is -0.157. The molecular formula is C20H30F3IN4O3. The highest BCUT2D eigenvalue weighted by Crippen LogP contribution is 2.34. The van der Waals surface area contributed by atoms with Crippen molar-refractivity contribution < 1.29 is 27.4 Å². The Morgan fingerprint density at radius 3 is 2.52 bits per heavy atom. The fourth-order valence-electron chi connectivity index (χ4n) is 3.22. The van der Waals surface area contributed by atoms with E-state index < -0.39 is 18.6 Å². The first-order valence-corrected chi connectivity index (χ1v) is 9.81. The zero-order valence-electron chi connectivity index (χ0n) is 17.9. The molecule has 0 aromatic heterocycles. The number of amides is 1. The molecule has 11 heteroatoms. The van der Waals surface area contributed by atoms with E-state index in [4.69, 9.17) is 9.47 Å². The third-order valence-electron chi connectivity index (χ3n) is 4.79. The summed E-state index contributed by atoms with van der Waals surface area (Å²) in [6.07, 6.45) is -0.00329. The van der Waals surface area contributed by atoms with Gasteiger partial charge in [0.1, 0.15) is 6.54 Å². The van der Waals surface area contributed by atoms with Crippen LogP contribution in [0.3, 0.4) is 0 Å². The molecule has 2 N–H and O–H groups in total. The normalized spacial score (nSPS) is 14.6. The molecule has 1 aromatic rings. The summed E-state index contributed by atoms with van der Waals surface area (Å²) < 4.78 is 48.8. The number of benzene rings is 1. The molecule has 7 nitrogen and oxygen atoms in total. The van der Waals surface area contributed by atoms with Crippen molar-refractivity contribution >= 4 is 35.8 Å². The van der Waals surface area contributed by atoms with E-state index in [0.29, 0.717) is 28.9 Å². The quantitative estimate of drug-likeness (QED) is 0.291. The summed E-state index contributed by atoms with van der Waals surface area (Å²) in [6, 6.07) is 5.58. The second kappa shape index (κ2) is 12.8. The van der Waals surface area contributed by atoms with Crippen molar-refractivity contribution in [2.24, 2.45) is 4.99 Å². The van der Waals surface area contributed by atoms with Crippen LogP contribution in [-0.4, -0.2) is 63.3 Å². The van der Waals surface area contributed by atoms with Crippen molar-refractivity contribution in [1.82, 2.24) is 15.5 Å². The molecule has 1 aromatic carbocycles. The molecular weight excluding hydrogens is 528 g/mol. The maximum absolute atomic E-state index is 12.4. The molecule has 176 valence electrons. The Kier molecular flexibility index (Phi) is 11.2. The predicted molar refractivity (Wildman–Crippen MR) is 123 cm³/mol. The zero-order chi connectivity index (χ0) is 22.1. The van der Waals surface area contributed by atoms with Crippen LogP contribution < -0.4 is 20.1 Å². The van der Waals surface area contributed by atoms with E-state index in [2.05, 4.69) is 15.6 Å². The molecule has 1 saturated carbocycles. The first kappa shape index (κ1) is 27.1. The lowest BCUT2D eigenvalue weighted by atomic mass is 10.1. The molecule has 1 amide bonds. The Bertz CT molecular complexity index is 741. The Balaban J connectivity index is 0.00000480. The average molecular weight is 558 g/mol. The van der Waals surface area contributed by atoms with Gasteiger partial charge >= 0.3 is 6.18 Å². The number of carbonyl (C=O) groups is 1. The van der Waals surface area contributed by atoms with Gasteiger partial charge in [-0.15, -0.1) is 24.0 Å². The van der Waals surface area contributed by atoms with Gasteiger partial charge in [-0.1, -0.05) is 12.1 Å². The van der Waals surface area contributed by atoms with Gasteiger partial charge in [0.05, 0.1) is 19.8 Å². The number of hydrogen-bond donors (Lipinski definition) is 2. The number of nitrogens with zero attached hydrogens (tertiary/aromatic N) is 2. The largest absolute Gasteiger partial charge is 0.493 e. The molecule has 31 heavy (non-hydrogen) atoms. The minimum absolute atomic E-state index is 0. The highest BCUT2D eigenvalue weighted by atomic mass is 127. The summed E-state index contributed by atoms with van der Waals surface area (Å²) in [6.45, 7) is -1.27. The highest BCUT2D eigenvalue weighted by molar-refractivity contribution is 14.0. The number of hydrogen-bond acceptors (Lipinski definition) is 4. The van der Waals surface area contributed by atoms with Gasteiger partial charge < -0.3 is 25.0 Å². The number of carbonyl (C=O) groups excluding carboxylic acids is 1. The Morgan fingerprint density at radius 1 is 1.26 bits per heavy atom. The van der Waals surface area contributed by atoms with E-state index in [1.807, 2.05) is 18.2 Å². The second-order valence-electron chi connectivity index (χ2n) is 7.12. The number of rotatable bonds is 8. The fraction of sp³-hybridized carbons (Fsp3) is 0.600. The van der Waals surface area contributed by atoms with Crippen molar-refractivity contribution in [1.29, 1.82) is 0 Å². The van der Waals surface area contributed by atoms with E-state index >= 15 is 0 Å². The minimum atomic E-state index is -4.44. The molecule has 0 spiro atoms. The van der Waals surface area contributed by atoms with Crippen molar-refractivity contribution in [2.75, 3.05) is 34.3 Å². The molecule has 0 aliphatic heterocycles. The number of alkyl halides is 3. The Hall–Kier alpha value is -1.92. The average Bonchev–Trinajstić information content (AvgIpc) is 3.20. The van der Waals surface area contributed by atoms with E-state index in [-0.39, 0.29) is 36.6 Å². The summed E-state index contributed by atoms with van der Waals surface area (Å²) in [5.41, 5.74) is 0.852. The van der Waals surface area contributed by atoms with Gasteiger partial charge in [0, 0.05) is 26.2 Å². The Morgan fingerprint density at radius 2 is 1.94 bits per heavy atom. The van der Waals surface area contributed by atoms with Gasteiger partial charge in [-0.05, 0) is 31.7 Å². The van der Waals surface area contributed by atoms with Crippen molar-refractivity contribution in [3.8, 4) is 11.5 Å². The van der Waals surface area contributed by atoms with E-state index in [9.17, 15) is 18.0 Å². The van der Waals surface area contributed by atoms with Crippen LogP contribution in [-0.2, 0) is 11.3 Å². The summed E-state index contributed by atoms with van der Waals surface area (Å²) in [4.78, 5) is 16.5. The summed E-state index contributed by atoms with van der Waals surface area (Å²) in [7, 11) is 4.20. The van der Waals surface area contributed by atoms with Crippen LogP contribution in [0.5, 0.6) is 11.5 Å². The number of halogens is 4. The number of ether oxygens (including phenoxy) is 2. The van der Waals surface area contributed by atoms with E-state index in [1.165, 1.54) is 7.05 Å². The maximum atomic E-state index is 12.4. The van der Waals surface area contributed by atoms with Crippen LogP contribution in [0.25, 0.3) is 0 Å². The molecule has 0 heterocycles. The molecule has 0 bridgehead atoms. The molecule has 1 fully saturated rings. The SMILES string of the molecule is CN=C(NCC(=O)N(C)CC(F)(F)F)NCc1cccc(OC)c1OC1CCCC1.I. The molecule has 0 saturated heterocycles. The summed E-state index contributed by atoms with van der Waals surface area (Å²) >= 11 is 0. The van der Waals surface area contributed by atoms with E-state index in [1.54, 1.807) is 7.11 Å². The standard InChI is InChI=1S/C20H29F3N4O3.HI/c1-24-19(26-12-17(28)27(2)13-20(21,22)23)25-11-14-7-6-10-16(29-3)18(14)30-15-8-4-5-9-15;/h6-7,10,15H,4-5,8-9,11-13H2,1-3H3,(H2,24,25,26);1H. The van der Waals surface area contributed by atoms with Crippen molar-refractivity contribution in [2.45, 2.75) is 44.5 Å². The lowest BCUT2D eigenvalue weighted by Gasteiger charge is -2.21. The smallest absolute Gasteiger partial charge is 0.406 e. The lowest BCUT2D eigenvalue weighted by Crippen LogP contribution is -2.45. The Labute approximate surface area is 197 Å². The van der Waals surface area contributed by atoms with Crippen LogP contribution in [0.15, 0.2) is 23.2 Å². The minimum Gasteiger partial charge on any atom is -0.493 e. The van der Waals surface area contributed by atoms with Gasteiger partial charge in [-0.3, -0.25) is 9.79 Å². The van der Waals surface area contributed by atoms with Crippen LogP contribution in [0.4, 0.5) is 13.2 Å². The fourth-order valence-corrected chi connectivity index (χ4v) is 3.22. The topological polar surface area (TPSA) is 75.2 Å². The number of para-hydroxylation sites is 1. The van der Waals surface area contributed by atoms with E-state index in [0.717, 1.165) is 38.3 Å². The number of methoxy groups -OCH3 is 1. The van der Waals surface area contributed by atoms with Crippen molar-refractivity contribution in [3.63, 3.8) is 0 Å². The molecule has 1 aliphatic rings. The second-order valence-corrected chi connectivity index (χ2v) is 7.12.